The lowest BCUT2D eigenvalue weighted by Crippen LogP contribution is -2.51. The van der Waals surface area contributed by atoms with Gasteiger partial charge in [-0.15, -0.1) is 0 Å². The maximum atomic E-state index is 11.9. The molecule has 0 fully saturated rings. The second-order valence-corrected chi connectivity index (χ2v) is 13.0. The molecule has 154 valence electrons. The monoisotopic (exact) mass is 403 g/mol. The molecular weight excluding hydrogens is 374 g/mol. The van der Waals surface area contributed by atoms with Crippen LogP contribution in [0.4, 0.5) is 0 Å². The Morgan fingerprint density at radius 3 is 2.15 bits per heavy atom. The van der Waals surface area contributed by atoms with E-state index in [0.717, 1.165) is 6.04 Å². The van der Waals surface area contributed by atoms with E-state index >= 15 is 0 Å². The van der Waals surface area contributed by atoms with Gasteiger partial charge in [0.05, 0.1) is 19.4 Å². The normalized spacial score (nSPS) is 13.2. The van der Waals surface area contributed by atoms with Crippen molar-refractivity contribution in [3.05, 3.63) is 0 Å². The fraction of sp³-hybridized carbons (Fsp3) is 0.688. The van der Waals surface area contributed by atoms with Gasteiger partial charge in [-0.1, -0.05) is 19.6 Å². The third kappa shape index (κ3) is 12.5. The minimum atomic E-state index is -1.48. The van der Waals surface area contributed by atoms with Gasteiger partial charge in [0.25, 0.3) is 0 Å². The number of hydrogen-bond donors (Lipinski definition) is 4. The maximum absolute atomic E-state index is 11.9. The Kier molecular flexibility index (Phi) is 10.3. The molecule has 2 atom stereocenters. The Morgan fingerprint density at radius 1 is 1.07 bits per heavy atom. The summed E-state index contributed by atoms with van der Waals surface area (Å²) in [6.07, 6.45) is -0.844. The molecule has 5 N–H and O–H groups in total. The molecule has 0 radical (unpaired) electrons. The Labute approximate surface area is 159 Å². The SMILES string of the molecule is C[C@H](NC(=O)CCC(=O)OCC[Si](C)(C)C)C(=O)N[C@@H](CC(N)=O)C(=O)O. The van der Waals surface area contributed by atoms with Gasteiger partial charge in [-0.05, 0) is 13.0 Å². The molecule has 3 amide bonds. The van der Waals surface area contributed by atoms with Crippen molar-refractivity contribution in [2.75, 3.05) is 6.61 Å². The number of aliphatic carboxylic acids is 1. The predicted octanol–water partition coefficient (Wildman–Crippen LogP) is -0.402. The summed E-state index contributed by atoms with van der Waals surface area (Å²) in [5, 5.41) is 13.4. The topological polar surface area (TPSA) is 165 Å². The molecule has 0 unspecified atom stereocenters. The highest BCUT2D eigenvalue weighted by Gasteiger charge is 2.25. The lowest BCUT2D eigenvalue weighted by atomic mass is 10.2. The number of hydrogen-bond acceptors (Lipinski definition) is 6. The summed E-state index contributed by atoms with van der Waals surface area (Å²) >= 11 is 0. The van der Waals surface area contributed by atoms with E-state index in [9.17, 15) is 24.0 Å². The van der Waals surface area contributed by atoms with Gasteiger partial charge in [0.2, 0.25) is 17.7 Å². The van der Waals surface area contributed by atoms with Crippen molar-refractivity contribution >= 4 is 37.7 Å². The van der Waals surface area contributed by atoms with E-state index < -0.39 is 56.2 Å². The molecule has 0 aromatic carbocycles. The number of ether oxygens (including phenoxy) is 1. The molecule has 10 nitrogen and oxygen atoms in total. The average molecular weight is 404 g/mol. The Bertz CT molecular complexity index is 575. The van der Waals surface area contributed by atoms with Gasteiger partial charge in [-0.25, -0.2) is 4.79 Å². The minimum absolute atomic E-state index is 0.120. The molecule has 0 bridgehead atoms. The smallest absolute Gasteiger partial charge is 0.326 e. The molecule has 0 aromatic rings. The van der Waals surface area contributed by atoms with Crippen LogP contribution in [-0.4, -0.2) is 61.5 Å². The van der Waals surface area contributed by atoms with Crippen LogP contribution in [0.25, 0.3) is 0 Å². The molecule has 0 rings (SSSR count). The van der Waals surface area contributed by atoms with E-state index in [1.807, 2.05) is 0 Å². The summed E-state index contributed by atoms with van der Waals surface area (Å²) < 4.78 is 5.06. The Balaban J connectivity index is 4.29. The molecule has 0 spiro atoms. The molecule has 0 aromatic heterocycles. The quantitative estimate of drug-likeness (QED) is 0.254. The van der Waals surface area contributed by atoms with Gasteiger partial charge in [-0.2, -0.15) is 0 Å². The third-order valence-corrected chi connectivity index (χ3v) is 5.17. The van der Waals surface area contributed by atoms with Gasteiger partial charge < -0.3 is 26.2 Å². The van der Waals surface area contributed by atoms with Crippen LogP contribution in [0, 0.1) is 0 Å². The number of carboxylic acid groups (broad SMARTS) is 1. The first-order valence-corrected chi connectivity index (χ1v) is 12.3. The lowest BCUT2D eigenvalue weighted by molar-refractivity contribution is -0.145. The summed E-state index contributed by atoms with van der Waals surface area (Å²) in [5.41, 5.74) is 4.93. The second kappa shape index (κ2) is 11.3. The number of primary amides is 1. The van der Waals surface area contributed by atoms with E-state index in [4.69, 9.17) is 15.6 Å². The maximum Gasteiger partial charge on any atom is 0.326 e. The summed E-state index contributed by atoms with van der Waals surface area (Å²) in [4.78, 5) is 57.1. The van der Waals surface area contributed by atoms with Crippen molar-refractivity contribution in [3.8, 4) is 0 Å². The van der Waals surface area contributed by atoms with Crippen LogP contribution in [0.3, 0.4) is 0 Å². The highest BCUT2D eigenvalue weighted by molar-refractivity contribution is 6.76. The van der Waals surface area contributed by atoms with Crippen LogP contribution in [0.2, 0.25) is 25.7 Å². The zero-order valence-electron chi connectivity index (χ0n) is 16.2. The fourth-order valence-corrected chi connectivity index (χ4v) is 2.55. The number of carboxylic acids is 1. The van der Waals surface area contributed by atoms with Crippen molar-refractivity contribution < 1.29 is 33.8 Å². The van der Waals surface area contributed by atoms with Crippen LogP contribution in [0.5, 0.6) is 0 Å². The van der Waals surface area contributed by atoms with Crippen LogP contribution < -0.4 is 16.4 Å². The average Bonchev–Trinajstić information content (AvgIpc) is 2.50. The molecule has 27 heavy (non-hydrogen) atoms. The predicted molar refractivity (Wildman–Crippen MR) is 99.3 cm³/mol. The first kappa shape index (κ1) is 24.6. The standard InChI is InChI=1S/C16H29N3O7Si/c1-10(15(23)19-11(16(24)25)9-12(17)20)18-13(21)5-6-14(22)26-7-8-27(2,3)4/h10-11H,5-9H2,1-4H3,(H2,17,20)(H,18,21)(H,19,23)(H,24,25)/t10-,11-/m0/s1. The van der Waals surface area contributed by atoms with Gasteiger partial charge in [0, 0.05) is 14.5 Å². The Morgan fingerprint density at radius 2 is 1.67 bits per heavy atom. The van der Waals surface area contributed by atoms with Crippen LogP contribution in [0.1, 0.15) is 26.2 Å². The number of carbonyl (C=O) groups is 5. The molecular formula is C16H29N3O7Si. The molecule has 0 saturated heterocycles. The summed E-state index contributed by atoms with van der Waals surface area (Å²) in [6, 6.07) is -1.69. The zero-order valence-corrected chi connectivity index (χ0v) is 17.2. The lowest BCUT2D eigenvalue weighted by Gasteiger charge is -2.18. The molecule has 0 aliphatic heterocycles. The molecule has 0 heterocycles. The summed E-state index contributed by atoms with van der Waals surface area (Å²) in [7, 11) is -1.31. The van der Waals surface area contributed by atoms with E-state index in [2.05, 4.69) is 30.3 Å². The fourth-order valence-electron chi connectivity index (χ4n) is 1.84. The zero-order chi connectivity index (χ0) is 21.2. The van der Waals surface area contributed by atoms with Crippen molar-refractivity contribution in [1.82, 2.24) is 10.6 Å². The number of nitrogens with two attached hydrogens (primary N) is 1. The second-order valence-electron chi connectivity index (χ2n) is 7.39. The largest absolute Gasteiger partial charge is 0.480 e. The number of esters is 1. The minimum Gasteiger partial charge on any atom is -0.480 e. The number of carbonyl (C=O) groups excluding carboxylic acids is 4. The van der Waals surface area contributed by atoms with E-state index in [1.54, 1.807) is 0 Å². The number of amides is 3. The first-order valence-electron chi connectivity index (χ1n) is 8.58. The molecule has 11 heteroatoms. The molecule has 0 saturated carbocycles. The third-order valence-electron chi connectivity index (χ3n) is 3.46. The number of rotatable bonds is 12. The van der Waals surface area contributed by atoms with Crippen LogP contribution >= 0.6 is 0 Å². The van der Waals surface area contributed by atoms with E-state index in [1.165, 1.54) is 6.92 Å². The van der Waals surface area contributed by atoms with Crippen LogP contribution in [-0.2, 0) is 28.7 Å². The van der Waals surface area contributed by atoms with Crippen molar-refractivity contribution in [3.63, 3.8) is 0 Å². The van der Waals surface area contributed by atoms with E-state index in [-0.39, 0.29) is 12.8 Å². The van der Waals surface area contributed by atoms with Crippen molar-refractivity contribution in [1.29, 1.82) is 0 Å². The van der Waals surface area contributed by atoms with Gasteiger partial charge in [0.1, 0.15) is 12.1 Å². The number of nitrogens with one attached hydrogen (secondary N) is 2. The van der Waals surface area contributed by atoms with Crippen molar-refractivity contribution in [2.24, 2.45) is 5.73 Å². The van der Waals surface area contributed by atoms with Gasteiger partial charge in [-0.3, -0.25) is 19.2 Å². The van der Waals surface area contributed by atoms with Gasteiger partial charge in [0.15, 0.2) is 0 Å². The Hall–Kier alpha value is -2.43. The highest BCUT2D eigenvalue weighted by atomic mass is 28.3. The summed E-state index contributed by atoms with van der Waals surface area (Å²) in [6.45, 7) is 8.13. The summed E-state index contributed by atoms with van der Waals surface area (Å²) in [5.74, 6) is -4.13. The van der Waals surface area contributed by atoms with Crippen LogP contribution in [0.15, 0.2) is 0 Å². The first-order chi connectivity index (χ1) is 12.3. The van der Waals surface area contributed by atoms with Crippen molar-refractivity contribution in [2.45, 2.75) is 64.0 Å². The van der Waals surface area contributed by atoms with Gasteiger partial charge >= 0.3 is 11.9 Å². The highest BCUT2D eigenvalue weighted by Crippen LogP contribution is 2.08. The van der Waals surface area contributed by atoms with E-state index in [0.29, 0.717) is 6.61 Å². The molecule has 0 aliphatic carbocycles. The molecule has 0 aliphatic rings.